The molecule has 28 heavy (non-hydrogen) atoms. The largest absolute Gasteiger partial charge is 0.356 e. The van der Waals surface area contributed by atoms with Crippen LogP contribution < -0.4 is 10.6 Å². The molecule has 154 valence electrons. The van der Waals surface area contributed by atoms with E-state index >= 15 is 0 Å². The van der Waals surface area contributed by atoms with Gasteiger partial charge in [0.2, 0.25) is 0 Å². The van der Waals surface area contributed by atoms with Crippen LogP contribution in [-0.2, 0) is 6.54 Å². The van der Waals surface area contributed by atoms with Crippen LogP contribution in [0.5, 0.6) is 0 Å². The minimum Gasteiger partial charge on any atom is -0.356 e. The lowest BCUT2D eigenvalue weighted by molar-refractivity contribution is 0.297. The van der Waals surface area contributed by atoms with Crippen molar-refractivity contribution in [3.8, 4) is 5.69 Å². The van der Waals surface area contributed by atoms with Gasteiger partial charge in [-0.3, -0.25) is 4.99 Å². The zero-order chi connectivity index (χ0) is 20.4. The highest BCUT2D eigenvalue weighted by molar-refractivity contribution is 5.79. The number of aryl methyl sites for hydroxylation is 2. The van der Waals surface area contributed by atoms with Crippen molar-refractivity contribution in [1.82, 2.24) is 25.3 Å². The number of aliphatic imine (C=N–C) groups is 1. The lowest BCUT2D eigenvalue weighted by Crippen LogP contribution is -2.37. The molecule has 0 radical (unpaired) electrons. The maximum absolute atomic E-state index is 4.63. The molecule has 1 heterocycles. The number of hydrogen-bond acceptors (Lipinski definition) is 3. The smallest absolute Gasteiger partial charge is 0.191 e. The van der Waals surface area contributed by atoms with Crippen molar-refractivity contribution in [2.75, 3.05) is 33.2 Å². The first kappa shape index (κ1) is 22.0. The molecule has 0 aliphatic rings. The normalized spacial score (nSPS) is 11.9. The average Bonchev–Trinajstić information content (AvgIpc) is 3.05. The molecule has 0 atom stereocenters. The first-order valence-electron chi connectivity index (χ1n) is 10.4. The standard InChI is InChI=1S/C22H36N6/c1-6-27(7-2)15-11-10-14-24-22(23-5)25-17-20-12-8-9-13-21(20)28-19(4)16-18(3)26-28/h8-9,12-13,16H,6-7,10-11,14-15,17H2,1-5H3,(H2,23,24,25). The van der Waals surface area contributed by atoms with E-state index in [1.807, 2.05) is 18.7 Å². The van der Waals surface area contributed by atoms with Gasteiger partial charge in [-0.15, -0.1) is 0 Å². The molecule has 6 nitrogen and oxygen atoms in total. The number of nitrogens with zero attached hydrogens (tertiary/aromatic N) is 4. The summed E-state index contributed by atoms with van der Waals surface area (Å²) in [6.45, 7) is 13.6. The van der Waals surface area contributed by atoms with Crippen molar-refractivity contribution < 1.29 is 0 Å². The summed E-state index contributed by atoms with van der Waals surface area (Å²) in [6, 6.07) is 10.5. The molecule has 2 N–H and O–H groups in total. The van der Waals surface area contributed by atoms with Crippen molar-refractivity contribution in [2.24, 2.45) is 4.99 Å². The van der Waals surface area contributed by atoms with Crippen molar-refractivity contribution in [2.45, 2.75) is 47.1 Å². The van der Waals surface area contributed by atoms with Crippen molar-refractivity contribution in [3.05, 3.63) is 47.3 Å². The maximum atomic E-state index is 4.63. The number of unbranched alkanes of at least 4 members (excludes halogenated alkanes) is 1. The molecule has 0 fully saturated rings. The van der Waals surface area contributed by atoms with Gasteiger partial charge in [0, 0.05) is 25.8 Å². The van der Waals surface area contributed by atoms with E-state index in [0.29, 0.717) is 6.54 Å². The number of guanidine groups is 1. The van der Waals surface area contributed by atoms with E-state index in [0.717, 1.165) is 55.6 Å². The molecule has 1 aromatic carbocycles. The third kappa shape index (κ3) is 6.37. The molecule has 0 spiro atoms. The van der Waals surface area contributed by atoms with Crippen molar-refractivity contribution in [1.29, 1.82) is 0 Å². The zero-order valence-electron chi connectivity index (χ0n) is 18.1. The number of hydrogen-bond donors (Lipinski definition) is 2. The van der Waals surface area contributed by atoms with Crippen LogP contribution in [0.25, 0.3) is 5.69 Å². The van der Waals surface area contributed by atoms with Gasteiger partial charge >= 0.3 is 0 Å². The highest BCUT2D eigenvalue weighted by Crippen LogP contribution is 2.16. The summed E-state index contributed by atoms with van der Waals surface area (Å²) in [5.74, 6) is 0.839. The fraction of sp³-hybridized carbons (Fsp3) is 0.545. The minimum atomic E-state index is 0.702. The lowest BCUT2D eigenvalue weighted by Gasteiger charge is -2.18. The Balaban J connectivity index is 1.86. The molecule has 0 saturated heterocycles. The molecule has 6 heteroatoms. The third-order valence-electron chi connectivity index (χ3n) is 4.99. The van der Waals surface area contributed by atoms with Gasteiger partial charge in [0.05, 0.1) is 11.4 Å². The van der Waals surface area contributed by atoms with Gasteiger partial charge in [0.1, 0.15) is 0 Å². The highest BCUT2D eigenvalue weighted by Gasteiger charge is 2.09. The molecule has 1 aromatic heterocycles. The number of benzene rings is 1. The maximum Gasteiger partial charge on any atom is 0.191 e. The highest BCUT2D eigenvalue weighted by atomic mass is 15.3. The monoisotopic (exact) mass is 384 g/mol. The van der Waals surface area contributed by atoms with Crippen LogP contribution in [0, 0.1) is 13.8 Å². The minimum absolute atomic E-state index is 0.702. The molecule has 0 amide bonds. The van der Waals surface area contributed by atoms with Gasteiger partial charge in [-0.2, -0.15) is 5.10 Å². The number of nitrogens with one attached hydrogen (secondary N) is 2. The van der Waals surface area contributed by atoms with Crippen LogP contribution in [0.4, 0.5) is 0 Å². The molecular weight excluding hydrogens is 348 g/mol. The van der Waals surface area contributed by atoms with Gasteiger partial charge in [0.25, 0.3) is 0 Å². The van der Waals surface area contributed by atoms with Crippen LogP contribution in [0.2, 0.25) is 0 Å². The summed E-state index contributed by atoms with van der Waals surface area (Å²) in [6.07, 6.45) is 2.34. The van der Waals surface area contributed by atoms with E-state index in [4.69, 9.17) is 0 Å². The topological polar surface area (TPSA) is 57.5 Å². The Morgan fingerprint density at radius 1 is 1.11 bits per heavy atom. The quantitative estimate of drug-likeness (QED) is 0.375. The second-order valence-corrected chi connectivity index (χ2v) is 7.05. The van der Waals surface area contributed by atoms with Gasteiger partial charge in [-0.1, -0.05) is 32.0 Å². The summed E-state index contributed by atoms with van der Waals surface area (Å²) < 4.78 is 2.01. The van der Waals surface area contributed by atoms with Crippen LogP contribution >= 0.6 is 0 Å². The van der Waals surface area contributed by atoms with Crippen molar-refractivity contribution >= 4 is 5.96 Å². The average molecular weight is 385 g/mol. The van der Waals surface area contributed by atoms with Crippen molar-refractivity contribution in [3.63, 3.8) is 0 Å². The first-order chi connectivity index (χ1) is 13.6. The SMILES string of the molecule is CCN(CC)CCCCNC(=NC)NCc1ccccc1-n1nc(C)cc1C. The predicted octanol–water partition coefficient (Wildman–Crippen LogP) is 3.28. The molecule has 0 bridgehead atoms. The molecule has 0 saturated carbocycles. The Morgan fingerprint density at radius 3 is 2.50 bits per heavy atom. The van der Waals surface area contributed by atoms with E-state index in [-0.39, 0.29) is 0 Å². The van der Waals surface area contributed by atoms with E-state index < -0.39 is 0 Å². The molecule has 2 rings (SSSR count). The summed E-state index contributed by atoms with van der Waals surface area (Å²) in [5, 5.41) is 11.5. The van der Waals surface area contributed by atoms with Crippen LogP contribution in [-0.4, -0.2) is 53.9 Å². The second kappa shape index (κ2) is 11.5. The zero-order valence-corrected chi connectivity index (χ0v) is 18.1. The first-order valence-corrected chi connectivity index (χ1v) is 10.4. The Kier molecular flexibility index (Phi) is 9.01. The van der Waals surface area contributed by atoms with Crippen LogP contribution in [0.15, 0.2) is 35.3 Å². The molecule has 0 aliphatic heterocycles. The number of rotatable bonds is 10. The molecule has 0 aliphatic carbocycles. The number of para-hydroxylation sites is 1. The Hall–Kier alpha value is -2.34. The summed E-state index contributed by atoms with van der Waals surface area (Å²) in [5.41, 5.74) is 4.47. The Labute approximate surface area is 170 Å². The molecule has 2 aromatic rings. The summed E-state index contributed by atoms with van der Waals surface area (Å²) in [7, 11) is 1.82. The summed E-state index contributed by atoms with van der Waals surface area (Å²) >= 11 is 0. The fourth-order valence-electron chi connectivity index (χ4n) is 3.35. The second-order valence-electron chi connectivity index (χ2n) is 7.05. The lowest BCUT2D eigenvalue weighted by atomic mass is 10.1. The third-order valence-corrected chi connectivity index (χ3v) is 4.99. The van der Waals surface area contributed by atoms with Gasteiger partial charge < -0.3 is 15.5 Å². The fourth-order valence-corrected chi connectivity index (χ4v) is 3.35. The van der Waals surface area contributed by atoms with Crippen LogP contribution in [0.1, 0.15) is 43.6 Å². The molecule has 0 unspecified atom stereocenters. The Bertz CT molecular complexity index is 745. The van der Waals surface area contributed by atoms with Crippen LogP contribution in [0.3, 0.4) is 0 Å². The van der Waals surface area contributed by atoms with E-state index in [9.17, 15) is 0 Å². The predicted molar refractivity (Wildman–Crippen MR) is 118 cm³/mol. The van der Waals surface area contributed by atoms with E-state index in [1.165, 1.54) is 12.0 Å². The van der Waals surface area contributed by atoms with E-state index in [2.05, 4.69) is 76.7 Å². The summed E-state index contributed by atoms with van der Waals surface area (Å²) in [4.78, 5) is 6.82. The van der Waals surface area contributed by atoms with Gasteiger partial charge in [-0.05, 0) is 64.0 Å². The number of aromatic nitrogens is 2. The Morgan fingerprint density at radius 2 is 1.86 bits per heavy atom. The van der Waals surface area contributed by atoms with Gasteiger partial charge in [-0.25, -0.2) is 4.68 Å². The van der Waals surface area contributed by atoms with E-state index in [1.54, 1.807) is 0 Å². The van der Waals surface area contributed by atoms with Gasteiger partial charge in [0.15, 0.2) is 5.96 Å². The molecular formula is C22H36N6.